The molecule has 136 valence electrons. The van der Waals surface area contributed by atoms with E-state index >= 15 is 0 Å². The molecule has 1 aromatic rings. The van der Waals surface area contributed by atoms with E-state index in [4.69, 9.17) is 5.11 Å². The molecule has 0 spiro atoms. The maximum absolute atomic E-state index is 14.2. The molecule has 4 heteroatoms. The van der Waals surface area contributed by atoms with E-state index in [-0.39, 0.29) is 29.7 Å². The molecule has 2 fully saturated rings. The summed E-state index contributed by atoms with van der Waals surface area (Å²) in [6, 6.07) is 5.45. The molecule has 3 nitrogen and oxygen atoms in total. The van der Waals surface area contributed by atoms with E-state index in [0.717, 1.165) is 36.8 Å². The summed E-state index contributed by atoms with van der Waals surface area (Å²) in [5.41, 5.74) is 1.93. The van der Waals surface area contributed by atoms with E-state index in [2.05, 4.69) is 13.0 Å². The number of aliphatic hydroxyl groups excluding tert-OH is 1. The van der Waals surface area contributed by atoms with Crippen molar-refractivity contribution in [2.75, 3.05) is 0 Å². The number of halogens is 1. The van der Waals surface area contributed by atoms with Crippen molar-refractivity contribution in [2.45, 2.75) is 63.9 Å². The zero-order chi connectivity index (χ0) is 17.8. The van der Waals surface area contributed by atoms with Gasteiger partial charge in [0, 0.05) is 6.42 Å². The predicted molar refractivity (Wildman–Crippen MR) is 92.8 cm³/mol. The Kier molecular flexibility index (Phi) is 4.14. The zero-order valence-electron chi connectivity index (χ0n) is 14.7. The van der Waals surface area contributed by atoms with Gasteiger partial charge in [-0.2, -0.15) is 0 Å². The summed E-state index contributed by atoms with van der Waals surface area (Å²) < 4.78 is 14.2. The number of hydrogen-bond donors (Lipinski definition) is 2. The molecule has 2 saturated carbocycles. The van der Waals surface area contributed by atoms with Crippen molar-refractivity contribution in [3.63, 3.8) is 0 Å². The lowest BCUT2D eigenvalue weighted by Gasteiger charge is -2.51. The Hall–Kier alpha value is -1.42. The number of aliphatic hydroxyl groups is 1. The van der Waals surface area contributed by atoms with Gasteiger partial charge in [-0.1, -0.05) is 19.1 Å². The van der Waals surface area contributed by atoms with Crippen LogP contribution in [-0.2, 0) is 11.2 Å². The van der Waals surface area contributed by atoms with Crippen molar-refractivity contribution in [1.82, 2.24) is 0 Å². The summed E-state index contributed by atoms with van der Waals surface area (Å²) >= 11 is 0. The molecule has 3 aliphatic carbocycles. The fourth-order valence-corrected chi connectivity index (χ4v) is 6.44. The van der Waals surface area contributed by atoms with Gasteiger partial charge in [-0.15, -0.1) is 0 Å². The minimum Gasteiger partial charge on any atom is -0.481 e. The van der Waals surface area contributed by atoms with Crippen molar-refractivity contribution in [2.24, 2.45) is 23.2 Å². The molecule has 0 bridgehead atoms. The second-order valence-electron chi connectivity index (χ2n) is 8.63. The molecule has 2 N–H and O–H groups in total. The Bertz CT molecular complexity index is 688. The zero-order valence-corrected chi connectivity index (χ0v) is 14.7. The molecule has 0 saturated heterocycles. The molecule has 25 heavy (non-hydrogen) atoms. The first kappa shape index (κ1) is 17.0. The van der Waals surface area contributed by atoms with E-state index < -0.39 is 5.97 Å². The molecule has 0 amide bonds. The molecule has 0 aromatic heterocycles. The monoisotopic (exact) mass is 346 g/mol. The van der Waals surface area contributed by atoms with Gasteiger partial charge >= 0.3 is 5.97 Å². The Labute approximate surface area is 148 Å². The van der Waals surface area contributed by atoms with Gasteiger partial charge in [-0.05, 0) is 84.8 Å². The largest absolute Gasteiger partial charge is 0.481 e. The van der Waals surface area contributed by atoms with Gasteiger partial charge in [0.05, 0.1) is 6.10 Å². The molecule has 1 aromatic carbocycles. The number of carboxylic acids is 1. The molecule has 4 unspecified atom stereocenters. The molecule has 0 radical (unpaired) electrons. The van der Waals surface area contributed by atoms with Crippen molar-refractivity contribution in [1.29, 1.82) is 0 Å². The third kappa shape index (κ3) is 2.61. The maximum atomic E-state index is 14.2. The number of aliphatic carboxylic acids is 1. The van der Waals surface area contributed by atoms with Gasteiger partial charge in [0.2, 0.25) is 0 Å². The van der Waals surface area contributed by atoms with E-state index in [1.54, 1.807) is 6.07 Å². The van der Waals surface area contributed by atoms with E-state index in [9.17, 15) is 14.3 Å². The highest BCUT2D eigenvalue weighted by Gasteiger charge is 2.58. The number of carbonyl (C=O) groups is 1. The molecule has 0 aliphatic heterocycles. The van der Waals surface area contributed by atoms with Gasteiger partial charge in [-0.3, -0.25) is 4.79 Å². The van der Waals surface area contributed by atoms with Crippen molar-refractivity contribution < 1.29 is 19.4 Å². The van der Waals surface area contributed by atoms with E-state index in [1.165, 1.54) is 0 Å². The number of hydrogen-bond acceptors (Lipinski definition) is 2. The number of rotatable bonds is 3. The second-order valence-corrected chi connectivity index (χ2v) is 8.63. The van der Waals surface area contributed by atoms with Crippen LogP contribution in [0.15, 0.2) is 18.2 Å². The fraction of sp³-hybridized carbons (Fsp3) is 0.667. The third-order valence-electron chi connectivity index (χ3n) is 7.54. The summed E-state index contributed by atoms with van der Waals surface area (Å²) in [5, 5.41) is 19.8. The standard InChI is InChI=1S/C21H27FO3/c1-21-10-9-14-13-3-2-4-17(22)15(13)6-7-16(14)20(21)12(11-18(21)23)5-8-19(24)25/h2-4,12,14,16,18,20,23H,5-11H2,1H3,(H,24,25)/t12-,14?,16?,18?,20?,21-/m1/s1. The van der Waals surface area contributed by atoms with Crippen molar-refractivity contribution in [3.05, 3.63) is 35.1 Å². The van der Waals surface area contributed by atoms with Crippen LogP contribution in [0, 0.1) is 29.0 Å². The highest BCUT2D eigenvalue weighted by atomic mass is 19.1. The molecule has 0 heterocycles. The van der Waals surface area contributed by atoms with Crippen LogP contribution in [0.4, 0.5) is 4.39 Å². The van der Waals surface area contributed by atoms with E-state index in [0.29, 0.717) is 30.6 Å². The minimum absolute atomic E-state index is 0.0850. The first-order valence-electron chi connectivity index (χ1n) is 9.59. The van der Waals surface area contributed by atoms with Crippen LogP contribution in [0.3, 0.4) is 0 Å². The lowest BCUT2D eigenvalue weighted by Crippen LogP contribution is -2.45. The van der Waals surface area contributed by atoms with E-state index in [1.807, 2.05) is 6.07 Å². The SMILES string of the molecule is C[C@]12CCC3c4cccc(F)c4CCC3C1[C@H](CCC(=O)O)CC2O. The number of benzene rings is 1. The highest BCUT2D eigenvalue weighted by Crippen LogP contribution is 2.63. The van der Waals surface area contributed by atoms with Crippen molar-refractivity contribution >= 4 is 5.97 Å². The first-order chi connectivity index (χ1) is 11.9. The fourth-order valence-electron chi connectivity index (χ4n) is 6.44. The summed E-state index contributed by atoms with van der Waals surface area (Å²) in [7, 11) is 0. The number of fused-ring (bicyclic) bond motifs is 5. The third-order valence-corrected chi connectivity index (χ3v) is 7.54. The topological polar surface area (TPSA) is 57.5 Å². The lowest BCUT2D eigenvalue weighted by molar-refractivity contribution is -0.137. The van der Waals surface area contributed by atoms with Gasteiger partial charge in [0.1, 0.15) is 5.82 Å². The quantitative estimate of drug-likeness (QED) is 0.865. The summed E-state index contributed by atoms with van der Waals surface area (Å²) in [5.74, 6) is 0.555. The predicted octanol–water partition coefficient (Wildman–Crippen LogP) is 4.13. The van der Waals surface area contributed by atoms with Gasteiger partial charge in [0.15, 0.2) is 0 Å². The Morgan fingerprint density at radius 1 is 1.36 bits per heavy atom. The van der Waals surface area contributed by atoms with Crippen LogP contribution in [0.5, 0.6) is 0 Å². The van der Waals surface area contributed by atoms with Crippen LogP contribution in [0.25, 0.3) is 0 Å². The summed E-state index contributed by atoms with van der Waals surface area (Å²) in [6.45, 7) is 2.19. The Morgan fingerprint density at radius 3 is 2.92 bits per heavy atom. The second kappa shape index (κ2) is 6.08. The maximum Gasteiger partial charge on any atom is 0.303 e. The van der Waals surface area contributed by atoms with Crippen LogP contribution >= 0.6 is 0 Å². The van der Waals surface area contributed by atoms with Crippen LogP contribution in [0.1, 0.15) is 62.5 Å². The van der Waals surface area contributed by atoms with Crippen LogP contribution in [-0.4, -0.2) is 22.3 Å². The number of carboxylic acid groups (broad SMARTS) is 1. The normalized spacial score (nSPS) is 39.4. The van der Waals surface area contributed by atoms with Crippen LogP contribution < -0.4 is 0 Å². The van der Waals surface area contributed by atoms with Gasteiger partial charge < -0.3 is 10.2 Å². The van der Waals surface area contributed by atoms with Gasteiger partial charge in [0.25, 0.3) is 0 Å². The Morgan fingerprint density at radius 2 is 2.16 bits per heavy atom. The molecular formula is C21H27FO3. The summed E-state index contributed by atoms with van der Waals surface area (Å²) in [4.78, 5) is 11.1. The minimum atomic E-state index is -0.758. The molecule has 4 rings (SSSR count). The Balaban J connectivity index is 1.67. The van der Waals surface area contributed by atoms with Gasteiger partial charge in [-0.25, -0.2) is 4.39 Å². The highest BCUT2D eigenvalue weighted by molar-refractivity contribution is 5.66. The average Bonchev–Trinajstić information content (AvgIpc) is 2.84. The first-order valence-corrected chi connectivity index (χ1v) is 9.59. The molecule has 3 aliphatic rings. The summed E-state index contributed by atoms with van der Waals surface area (Å²) in [6.07, 6.45) is 4.85. The molecular weight excluding hydrogens is 319 g/mol. The average molecular weight is 346 g/mol. The van der Waals surface area contributed by atoms with Crippen LogP contribution in [0.2, 0.25) is 0 Å². The lowest BCUT2D eigenvalue weighted by atomic mass is 9.53. The smallest absolute Gasteiger partial charge is 0.303 e. The molecule has 6 atom stereocenters. The van der Waals surface area contributed by atoms with Crippen molar-refractivity contribution in [3.8, 4) is 0 Å².